The maximum atomic E-state index is 14.0. The molecule has 2 heterocycles. The molecular weight excluding hydrogens is 381 g/mol. The summed E-state index contributed by atoms with van der Waals surface area (Å²) >= 11 is 0. The summed E-state index contributed by atoms with van der Waals surface area (Å²) in [5.74, 6) is -2.32. The van der Waals surface area contributed by atoms with Crippen LogP contribution in [-0.2, 0) is 17.6 Å². The minimum atomic E-state index is -1.03. The van der Waals surface area contributed by atoms with E-state index in [1.54, 1.807) is 24.4 Å². The molecule has 0 saturated carbocycles. The quantitative estimate of drug-likeness (QED) is 0.711. The number of nitrogens with one attached hydrogen (secondary N) is 1. The van der Waals surface area contributed by atoms with Crippen LogP contribution < -0.4 is 10.1 Å². The van der Waals surface area contributed by atoms with Crippen molar-refractivity contribution in [1.82, 2.24) is 10.3 Å². The van der Waals surface area contributed by atoms with Crippen molar-refractivity contribution in [2.45, 2.75) is 18.9 Å². The van der Waals surface area contributed by atoms with Crippen LogP contribution in [0.1, 0.15) is 11.1 Å². The van der Waals surface area contributed by atoms with Crippen LogP contribution in [0.15, 0.2) is 54.7 Å². The molecule has 0 aliphatic carbocycles. The van der Waals surface area contributed by atoms with E-state index in [2.05, 4.69) is 10.3 Å². The third kappa shape index (κ3) is 4.08. The van der Waals surface area contributed by atoms with Gasteiger partial charge in [-0.25, -0.2) is 13.2 Å². The Labute approximate surface area is 165 Å². The fraction of sp³-hybridized carbons (Fsp3) is 0.182. The number of halogens is 3. The highest BCUT2D eigenvalue weighted by molar-refractivity contribution is 5.78. The third-order valence-electron chi connectivity index (χ3n) is 4.71. The van der Waals surface area contributed by atoms with E-state index >= 15 is 0 Å². The number of hydrogen-bond donors (Lipinski definition) is 1. The second kappa shape index (κ2) is 7.95. The van der Waals surface area contributed by atoms with Gasteiger partial charge in [0.05, 0.1) is 18.7 Å². The number of ether oxygens (including phenoxy) is 1. The molecule has 3 aromatic rings. The Bertz CT molecular complexity index is 1060. The maximum absolute atomic E-state index is 14.0. The summed E-state index contributed by atoms with van der Waals surface area (Å²) in [6.45, 7) is 0.160. The van der Waals surface area contributed by atoms with E-state index in [-0.39, 0.29) is 24.3 Å². The van der Waals surface area contributed by atoms with Crippen molar-refractivity contribution in [3.8, 4) is 17.0 Å². The number of fused-ring (bicyclic) bond motifs is 1. The molecule has 7 heteroatoms. The molecule has 0 radical (unpaired) electrons. The van der Waals surface area contributed by atoms with E-state index in [1.807, 2.05) is 0 Å². The smallest absolute Gasteiger partial charge is 0.224 e. The highest BCUT2D eigenvalue weighted by Crippen LogP contribution is 2.38. The first-order chi connectivity index (χ1) is 14.0. The molecule has 4 rings (SSSR count). The van der Waals surface area contributed by atoms with Crippen LogP contribution in [-0.4, -0.2) is 23.5 Å². The Morgan fingerprint density at radius 2 is 2.00 bits per heavy atom. The van der Waals surface area contributed by atoms with Crippen molar-refractivity contribution in [2.24, 2.45) is 0 Å². The molecule has 0 unspecified atom stereocenters. The van der Waals surface area contributed by atoms with Crippen molar-refractivity contribution in [3.05, 3.63) is 83.3 Å². The summed E-state index contributed by atoms with van der Waals surface area (Å²) in [6.07, 6.45) is 1.36. The van der Waals surface area contributed by atoms with Crippen LogP contribution in [0, 0.1) is 17.5 Å². The largest absolute Gasteiger partial charge is 0.487 e. The molecule has 1 aliphatic rings. The zero-order valence-corrected chi connectivity index (χ0v) is 15.3. The molecule has 1 aliphatic heterocycles. The number of amides is 1. The van der Waals surface area contributed by atoms with Crippen LogP contribution in [0.4, 0.5) is 13.2 Å². The first-order valence-corrected chi connectivity index (χ1v) is 9.11. The van der Waals surface area contributed by atoms with E-state index in [1.165, 1.54) is 24.3 Å². The van der Waals surface area contributed by atoms with Gasteiger partial charge < -0.3 is 10.1 Å². The number of nitrogens with zero attached hydrogens (tertiary/aromatic N) is 1. The van der Waals surface area contributed by atoms with Crippen LogP contribution >= 0.6 is 0 Å². The summed E-state index contributed by atoms with van der Waals surface area (Å²) in [6, 6.07) is 11.8. The zero-order valence-electron chi connectivity index (χ0n) is 15.3. The van der Waals surface area contributed by atoms with Gasteiger partial charge in [-0.05, 0) is 30.3 Å². The Kier molecular flexibility index (Phi) is 5.20. The molecular formula is C22H17F3N2O2. The molecule has 2 aromatic carbocycles. The van der Waals surface area contributed by atoms with Gasteiger partial charge in [0, 0.05) is 29.3 Å². The van der Waals surface area contributed by atoms with Crippen LogP contribution in [0.25, 0.3) is 11.3 Å². The lowest BCUT2D eigenvalue weighted by Gasteiger charge is -2.13. The Morgan fingerprint density at radius 1 is 1.14 bits per heavy atom. The molecule has 0 fully saturated rings. The van der Waals surface area contributed by atoms with Gasteiger partial charge in [0.15, 0.2) is 11.6 Å². The summed E-state index contributed by atoms with van der Waals surface area (Å²) in [5.41, 5.74) is 1.82. The maximum Gasteiger partial charge on any atom is 0.224 e. The predicted octanol–water partition coefficient (Wildman–Crippen LogP) is 3.83. The third-order valence-corrected chi connectivity index (χ3v) is 4.71. The number of aromatic nitrogens is 1. The van der Waals surface area contributed by atoms with E-state index in [0.29, 0.717) is 29.0 Å². The first-order valence-electron chi connectivity index (χ1n) is 9.11. The Morgan fingerprint density at radius 3 is 2.79 bits per heavy atom. The number of carbonyl (C=O) groups excluding carboxylic acids is 1. The predicted molar refractivity (Wildman–Crippen MR) is 101 cm³/mol. The molecule has 0 bridgehead atoms. The fourth-order valence-corrected chi connectivity index (χ4v) is 3.37. The highest BCUT2D eigenvalue weighted by atomic mass is 19.2. The summed E-state index contributed by atoms with van der Waals surface area (Å²) in [4.78, 5) is 16.4. The molecule has 1 amide bonds. The lowest BCUT2D eigenvalue weighted by atomic mass is 10.0. The number of rotatable bonds is 5. The van der Waals surface area contributed by atoms with Crippen molar-refractivity contribution < 1.29 is 22.7 Å². The number of carbonyl (C=O) groups is 1. The monoisotopic (exact) mass is 398 g/mol. The van der Waals surface area contributed by atoms with Gasteiger partial charge in [-0.3, -0.25) is 9.78 Å². The average molecular weight is 398 g/mol. The molecule has 1 aromatic heterocycles. The van der Waals surface area contributed by atoms with Crippen LogP contribution in [0.3, 0.4) is 0 Å². The number of hydrogen-bond acceptors (Lipinski definition) is 3. The first kappa shape index (κ1) is 19.0. The highest BCUT2D eigenvalue weighted by Gasteiger charge is 2.27. The molecule has 1 N–H and O–H groups in total. The van der Waals surface area contributed by atoms with Crippen molar-refractivity contribution in [3.63, 3.8) is 0 Å². The van der Waals surface area contributed by atoms with Crippen LogP contribution in [0.2, 0.25) is 0 Å². The van der Waals surface area contributed by atoms with Gasteiger partial charge in [-0.1, -0.05) is 18.2 Å². The van der Waals surface area contributed by atoms with E-state index in [9.17, 15) is 18.0 Å². The lowest BCUT2D eigenvalue weighted by Crippen LogP contribution is -2.35. The molecule has 148 valence electrons. The van der Waals surface area contributed by atoms with Crippen molar-refractivity contribution in [2.75, 3.05) is 6.54 Å². The second-order valence-corrected chi connectivity index (χ2v) is 6.79. The molecule has 4 nitrogen and oxygen atoms in total. The molecule has 0 saturated heterocycles. The number of benzene rings is 2. The van der Waals surface area contributed by atoms with E-state index in [0.717, 1.165) is 6.07 Å². The second-order valence-electron chi connectivity index (χ2n) is 6.79. The SMILES string of the molecule is O=C(Cc1cccc(F)c1F)NC[C@H]1Cc2cc(F)cc(-c3ccccn3)c2O1. The Balaban J connectivity index is 1.42. The standard InChI is InChI=1S/C22H17F3N2O2/c23-15-8-14-9-16(29-22(14)17(11-15)19-6-1-2-7-26-19)12-27-20(28)10-13-4-3-5-18(24)21(13)25/h1-8,11,16H,9-10,12H2,(H,27,28)/t16-/m1/s1. The normalized spacial score (nSPS) is 14.9. The summed E-state index contributed by atoms with van der Waals surface area (Å²) in [5, 5.41) is 2.67. The minimum Gasteiger partial charge on any atom is -0.487 e. The fourth-order valence-electron chi connectivity index (χ4n) is 3.37. The minimum absolute atomic E-state index is 0.0161. The number of pyridine rings is 1. The van der Waals surface area contributed by atoms with Gasteiger partial charge in [-0.15, -0.1) is 0 Å². The van der Waals surface area contributed by atoms with Gasteiger partial charge in [0.25, 0.3) is 0 Å². The zero-order chi connectivity index (χ0) is 20.4. The summed E-state index contributed by atoms with van der Waals surface area (Å²) < 4.78 is 46.9. The van der Waals surface area contributed by atoms with Gasteiger partial charge in [0.1, 0.15) is 17.7 Å². The molecule has 29 heavy (non-hydrogen) atoms. The van der Waals surface area contributed by atoms with E-state index in [4.69, 9.17) is 4.74 Å². The van der Waals surface area contributed by atoms with Gasteiger partial charge in [-0.2, -0.15) is 0 Å². The average Bonchev–Trinajstić information content (AvgIpc) is 3.12. The summed E-state index contributed by atoms with van der Waals surface area (Å²) in [7, 11) is 0. The van der Waals surface area contributed by atoms with E-state index < -0.39 is 23.6 Å². The topological polar surface area (TPSA) is 51.2 Å². The molecule has 0 spiro atoms. The van der Waals surface area contributed by atoms with Gasteiger partial charge >= 0.3 is 0 Å². The Hall–Kier alpha value is -3.35. The van der Waals surface area contributed by atoms with Gasteiger partial charge in [0.2, 0.25) is 5.91 Å². The van der Waals surface area contributed by atoms with Crippen molar-refractivity contribution >= 4 is 5.91 Å². The van der Waals surface area contributed by atoms with Crippen molar-refractivity contribution in [1.29, 1.82) is 0 Å². The lowest BCUT2D eigenvalue weighted by molar-refractivity contribution is -0.120. The van der Waals surface area contributed by atoms with Crippen LogP contribution in [0.5, 0.6) is 5.75 Å². The molecule has 1 atom stereocenters.